The minimum atomic E-state index is -0.497. The van der Waals surface area contributed by atoms with E-state index in [0.717, 1.165) is 16.9 Å². The van der Waals surface area contributed by atoms with Crippen molar-refractivity contribution < 1.29 is 14.3 Å². The monoisotopic (exact) mass is 419 g/mol. The molecule has 1 N–H and O–H groups in total. The molecule has 0 amide bonds. The maximum atomic E-state index is 12.9. The molecule has 1 unspecified atom stereocenters. The molecule has 2 aromatic carbocycles. The summed E-state index contributed by atoms with van der Waals surface area (Å²) >= 11 is 0. The van der Waals surface area contributed by atoms with Gasteiger partial charge in [0.25, 0.3) is 0 Å². The van der Waals surface area contributed by atoms with E-state index in [-0.39, 0.29) is 6.10 Å². The number of benzene rings is 2. The molecule has 0 radical (unpaired) electrons. The average molecular weight is 419 g/mol. The van der Waals surface area contributed by atoms with Gasteiger partial charge in [-0.25, -0.2) is 4.79 Å². The number of anilines is 1. The van der Waals surface area contributed by atoms with E-state index >= 15 is 0 Å². The molecular weight excluding hydrogens is 394 g/mol. The highest BCUT2D eigenvalue weighted by Gasteiger charge is 2.35. The molecule has 160 valence electrons. The van der Waals surface area contributed by atoms with Gasteiger partial charge in [-0.3, -0.25) is 0 Å². The molecule has 0 aliphatic carbocycles. The van der Waals surface area contributed by atoms with Crippen LogP contribution in [-0.4, -0.2) is 32.3 Å². The summed E-state index contributed by atoms with van der Waals surface area (Å²) in [6.07, 6.45) is -0.235. The molecule has 1 aromatic heterocycles. The number of tetrazole rings is 1. The van der Waals surface area contributed by atoms with E-state index in [0.29, 0.717) is 23.8 Å². The van der Waals surface area contributed by atoms with Gasteiger partial charge < -0.3 is 14.8 Å². The van der Waals surface area contributed by atoms with Crippen LogP contribution in [0.25, 0.3) is 0 Å². The van der Waals surface area contributed by atoms with E-state index in [1.165, 1.54) is 5.56 Å². The minimum Gasteiger partial charge on any atom is -0.489 e. The topological polar surface area (TPSA) is 91.2 Å². The first-order valence-electron chi connectivity index (χ1n) is 10.2. The SMILES string of the molecule is CC1=C(C(=O)OC(C)C)C(c2ccc(OCc3cccc(C)c3)cc2)n2nnnc2N1. The lowest BCUT2D eigenvalue weighted by Gasteiger charge is -2.28. The first-order chi connectivity index (χ1) is 14.9. The fourth-order valence-corrected chi connectivity index (χ4v) is 3.58. The van der Waals surface area contributed by atoms with Gasteiger partial charge >= 0.3 is 5.97 Å². The van der Waals surface area contributed by atoms with Crippen LogP contribution in [-0.2, 0) is 16.1 Å². The van der Waals surface area contributed by atoms with Crippen LogP contribution in [0.2, 0.25) is 0 Å². The number of aryl methyl sites for hydroxylation is 1. The number of nitrogens with one attached hydrogen (secondary N) is 1. The molecule has 31 heavy (non-hydrogen) atoms. The predicted molar refractivity (Wildman–Crippen MR) is 115 cm³/mol. The molecule has 0 spiro atoms. The smallest absolute Gasteiger partial charge is 0.338 e. The average Bonchev–Trinajstić information content (AvgIpc) is 3.19. The summed E-state index contributed by atoms with van der Waals surface area (Å²) < 4.78 is 13.0. The van der Waals surface area contributed by atoms with Gasteiger partial charge in [-0.1, -0.05) is 47.1 Å². The van der Waals surface area contributed by atoms with Crippen molar-refractivity contribution in [1.29, 1.82) is 0 Å². The standard InChI is InChI=1S/C23H25N5O3/c1-14(2)31-22(29)20-16(4)24-23-25-26-27-28(23)21(20)18-8-10-19(11-9-18)30-13-17-7-5-6-15(3)12-17/h5-12,14,21H,13H2,1-4H3,(H,24,25,27). The van der Waals surface area contributed by atoms with Crippen LogP contribution < -0.4 is 10.1 Å². The molecule has 0 saturated heterocycles. The predicted octanol–water partition coefficient (Wildman–Crippen LogP) is 3.80. The Bertz CT molecular complexity index is 1120. The number of carbonyl (C=O) groups excluding carboxylic acids is 1. The van der Waals surface area contributed by atoms with Crippen molar-refractivity contribution >= 4 is 11.9 Å². The molecule has 1 aliphatic heterocycles. The Balaban J connectivity index is 1.59. The number of carbonyl (C=O) groups is 1. The lowest BCUT2D eigenvalue weighted by Crippen LogP contribution is -2.30. The lowest BCUT2D eigenvalue weighted by atomic mass is 9.95. The number of allylic oxidation sites excluding steroid dienone is 1. The maximum absolute atomic E-state index is 12.9. The summed E-state index contributed by atoms with van der Waals surface area (Å²) in [7, 11) is 0. The van der Waals surface area contributed by atoms with Gasteiger partial charge in [0, 0.05) is 5.70 Å². The third kappa shape index (κ3) is 4.42. The Kier molecular flexibility index (Phi) is 5.70. The molecule has 1 atom stereocenters. The van der Waals surface area contributed by atoms with Gasteiger partial charge in [-0.2, -0.15) is 4.68 Å². The number of aromatic nitrogens is 4. The van der Waals surface area contributed by atoms with Crippen LogP contribution in [0.1, 0.15) is 43.5 Å². The Morgan fingerprint density at radius 3 is 2.65 bits per heavy atom. The molecule has 0 saturated carbocycles. The molecular formula is C23H25N5O3. The highest BCUT2D eigenvalue weighted by molar-refractivity contribution is 5.92. The van der Waals surface area contributed by atoms with Gasteiger partial charge in [0.2, 0.25) is 5.95 Å². The zero-order valence-electron chi connectivity index (χ0n) is 18.0. The molecule has 1 aliphatic rings. The third-order valence-electron chi connectivity index (χ3n) is 4.96. The summed E-state index contributed by atoms with van der Waals surface area (Å²) in [5.41, 5.74) is 4.30. The Labute approximate surface area is 180 Å². The first kappa shape index (κ1) is 20.6. The number of hydrogen-bond donors (Lipinski definition) is 1. The van der Waals surface area contributed by atoms with Gasteiger partial charge in [0.05, 0.1) is 11.7 Å². The molecule has 0 fully saturated rings. The summed E-state index contributed by atoms with van der Waals surface area (Å²) in [6.45, 7) is 8.00. The number of ether oxygens (including phenoxy) is 2. The van der Waals surface area contributed by atoms with Gasteiger partial charge in [-0.05, 0) is 61.4 Å². The number of esters is 1. The summed E-state index contributed by atoms with van der Waals surface area (Å²) in [4.78, 5) is 12.9. The lowest BCUT2D eigenvalue weighted by molar-refractivity contribution is -0.143. The molecule has 8 heteroatoms. The van der Waals surface area contributed by atoms with Crippen LogP contribution in [0, 0.1) is 6.92 Å². The van der Waals surface area contributed by atoms with E-state index in [1.807, 2.05) is 57.2 Å². The summed E-state index contributed by atoms with van der Waals surface area (Å²) in [5.74, 6) is 0.817. The quantitative estimate of drug-likeness (QED) is 0.608. The number of fused-ring (bicyclic) bond motifs is 1. The zero-order valence-corrected chi connectivity index (χ0v) is 18.0. The number of rotatable bonds is 6. The van der Waals surface area contributed by atoms with Crippen molar-refractivity contribution in [3.63, 3.8) is 0 Å². The zero-order chi connectivity index (χ0) is 22.0. The van der Waals surface area contributed by atoms with Crippen LogP contribution in [0.3, 0.4) is 0 Å². The fraction of sp³-hybridized carbons (Fsp3) is 0.304. The maximum Gasteiger partial charge on any atom is 0.338 e. The highest BCUT2D eigenvalue weighted by Crippen LogP contribution is 2.35. The summed E-state index contributed by atoms with van der Waals surface area (Å²) in [6, 6.07) is 15.3. The van der Waals surface area contributed by atoms with Gasteiger partial charge in [0.1, 0.15) is 18.4 Å². The second-order valence-electron chi connectivity index (χ2n) is 7.81. The van der Waals surface area contributed by atoms with E-state index in [9.17, 15) is 4.79 Å². The van der Waals surface area contributed by atoms with Crippen LogP contribution >= 0.6 is 0 Å². The van der Waals surface area contributed by atoms with Crippen molar-refractivity contribution in [2.45, 2.75) is 46.4 Å². The highest BCUT2D eigenvalue weighted by atomic mass is 16.5. The van der Waals surface area contributed by atoms with Crippen molar-refractivity contribution in [2.24, 2.45) is 0 Å². The first-order valence-corrected chi connectivity index (χ1v) is 10.2. The normalized spacial score (nSPS) is 15.5. The largest absolute Gasteiger partial charge is 0.489 e. The Morgan fingerprint density at radius 1 is 1.16 bits per heavy atom. The van der Waals surface area contributed by atoms with Gasteiger partial charge in [-0.15, -0.1) is 0 Å². The fourth-order valence-electron chi connectivity index (χ4n) is 3.58. The van der Waals surface area contributed by atoms with E-state index in [1.54, 1.807) is 4.68 Å². The molecule has 0 bridgehead atoms. The van der Waals surface area contributed by atoms with Crippen molar-refractivity contribution in [3.05, 3.63) is 76.5 Å². The van der Waals surface area contributed by atoms with Crippen molar-refractivity contribution in [1.82, 2.24) is 20.2 Å². The summed E-state index contributed by atoms with van der Waals surface area (Å²) in [5, 5.41) is 14.9. The molecule has 8 nitrogen and oxygen atoms in total. The van der Waals surface area contributed by atoms with Crippen LogP contribution in [0.15, 0.2) is 59.8 Å². The second-order valence-corrected chi connectivity index (χ2v) is 7.81. The molecule has 3 aromatic rings. The van der Waals surface area contributed by atoms with E-state index < -0.39 is 12.0 Å². The van der Waals surface area contributed by atoms with Gasteiger partial charge in [0.15, 0.2) is 0 Å². The van der Waals surface area contributed by atoms with Crippen molar-refractivity contribution in [3.8, 4) is 5.75 Å². The van der Waals surface area contributed by atoms with Crippen LogP contribution in [0.4, 0.5) is 5.95 Å². The van der Waals surface area contributed by atoms with E-state index in [4.69, 9.17) is 9.47 Å². The Hall–Kier alpha value is -3.68. The number of nitrogens with zero attached hydrogens (tertiary/aromatic N) is 4. The molecule has 4 rings (SSSR count). The number of hydrogen-bond acceptors (Lipinski definition) is 7. The minimum absolute atomic E-state index is 0.235. The van der Waals surface area contributed by atoms with E-state index in [2.05, 4.69) is 39.9 Å². The third-order valence-corrected chi connectivity index (χ3v) is 4.96. The van der Waals surface area contributed by atoms with Crippen molar-refractivity contribution in [2.75, 3.05) is 5.32 Å². The van der Waals surface area contributed by atoms with Crippen LogP contribution in [0.5, 0.6) is 5.75 Å². The second kappa shape index (κ2) is 8.59. The Morgan fingerprint density at radius 2 is 1.94 bits per heavy atom. The molecule has 2 heterocycles.